The smallest absolute Gasteiger partial charge is 0.0462 e. The lowest BCUT2D eigenvalue weighted by atomic mass is 10.1. The van der Waals surface area contributed by atoms with Crippen LogP contribution < -0.4 is 0 Å². The maximum atomic E-state index is 4.37. The van der Waals surface area contributed by atoms with Crippen molar-refractivity contribution >= 4 is 0 Å². The number of hydrogen-bond donors (Lipinski definition) is 0. The van der Waals surface area contributed by atoms with Gasteiger partial charge in [-0.3, -0.25) is 4.98 Å². The summed E-state index contributed by atoms with van der Waals surface area (Å²) >= 11 is 0. The molecule has 0 spiro atoms. The molecule has 0 aliphatic carbocycles. The van der Waals surface area contributed by atoms with Gasteiger partial charge in [0.2, 0.25) is 0 Å². The summed E-state index contributed by atoms with van der Waals surface area (Å²) in [6.07, 6.45) is 2.94. The number of aromatic nitrogens is 1. The van der Waals surface area contributed by atoms with E-state index in [1.54, 1.807) is 0 Å². The Morgan fingerprint density at radius 2 is 2.31 bits per heavy atom. The first-order chi connectivity index (χ1) is 6.27. The van der Waals surface area contributed by atoms with Gasteiger partial charge >= 0.3 is 0 Å². The molecule has 1 aromatic heterocycles. The zero-order valence-corrected chi connectivity index (χ0v) is 8.20. The first-order valence-corrected chi connectivity index (χ1v) is 4.62. The van der Waals surface area contributed by atoms with Gasteiger partial charge < -0.3 is 0 Å². The highest BCUT2D eigenvalue weighted by Gasteiger charge is 2.17. The van der Waals surface area contributed by atoms with Crippen LogP contribution in [0.5, 0.6) is 0 Å². The van der Waals surface area contributed by atoms with E-state index in [-0.39, 0.29) is 0 Å². The van der Waals surface area contributed by atoms with Crippen molar-refractivity contribution < 1.29 is 0 Å². The van der Waals surface area contributed by atoms with E-state index >= 15 is 0 Å². The third-order valence-corrected chi connectivity index (χ3v) is 2.51. The third-order valence-electron chi connectivity index (χ3n) is 2.51. The van der Waals surface area contributed by atoms with E-state index in [9.17, 15) is 0 Å². The highest BCUT2D eigenvalue weighted by atomic mass is 15.6. The van der Waals surface area contributed by atoms with Crippen LogP contribution in [0.2, 0.25) is 0 Å². The van der Waals surface area contributed by atoms with Crippen LogP contribution in [0.25, 0.3) is 0 Å². The fraction of sp³-hybridized carbons (Fsp3) is 0.500. The Balaban J connectivity index is 2.20. The van der Waals surface area contributed by atoms with E-state index in [0.29, 0.717) is 0 Å². The van der Waals surface area contributed by atoms with Crippen LogP contribution in [0.4, 0.5) is 0 Å². The number of fused-ring (bicyclic) bond motifs is 1. The Hall–Kier alpha value is -0.930. The Labute approximate surface area is 79.0 Å². The minimum Gasteiger partial charge on any atom is -0.261 e. The van der Waals surface area contributed by atoms with Crippen molar-refractivity contribution in [3.63, 3.8) is 0 Å². The second-order valence-corrected chi connectivity index (χ2v) is 3.59. The molecule has 0 amide bonds. The van der Waals surface area contributed by atoms with Gasteiger partial charge in [-0.15, -0.1) is 0 Å². The van der Waals surface area contributed by atoms with E-state index in [0.717, 1.165) is 19.5 Å². The quantitative estimate of drug-likeness (QED) is 0.636. The van der Waals surface area contributed by atoms with Crippen molar-refractivity contribution in [1.82, 2.24) is 15.0 Å². The molecule has 0 bridgehead atoms. The minimum atomic E-state index is 0.996. The maximum absolute atomic E-state index is 4.37. The van der Waals surface area contributed by atoms with Crippen molar-refractivity contribution in [2.24, 2.45) is 0 Å². The van der Waals surface area contributed by atoms with E-state index in [2.05, 4.69) is 35.2 Å². The van der Waals surface area contributed by atoms with Gasteiger partial charge in [0.05, 0.1) is 0 Å². The molecule has 0 aromatic carbocycles. The number of hydrogen-bond acceptors (Lipinski definition) is 3. The zero-order chi connectivity index (χ0) is 9.26. The number of nitrogens with zero attached hydrogens (tertiary/aromatic N) is 3. The Morgan fingerprint density at radius 1 is 1.46 bits per heavy atom. The summed E-state index contributed by atoms with van der Waals surface area (Å²) in [5.41, 5.74) is 2.63. The molecule has 0 atom stereocenters. The summed E-state index contributed by atoms with van der Waals surface area (Å²) in [7, 11) is 4.17. The molecule has 3 heteroatoms. The van der Waals surface area contributed by atoms with Crippen LogP contribution in [0, 0.1) is 0 Å². The highest BCUT2D eigenvalue weighted by molar-refractivity contribution is 5.21. The molecule has 3 nitrogen and oxygen atoms in total. The standard InChI is InChI=1S/C10H15N3/c1-12(2)13-7-5-10-9(8-13)4-3-6-11-10/h3-4,6H,5,7-8H2,1-2H3. The normalized spacial score (nSPS) is 17.5. The summed E-state index contributed by atoms with van der Waals surface area (Å²) in [5.74, 6) is 0. The van der Waals surface area contributed by atoms with Crippen LogP contribution in [0.3, 0.4) is 0 Å². The first-order valence-electron chi connectivity index (χ1n) is 4.62. The Morgan fingerprint density at radius 3 is 3.08 bits per heavy atom. The molecule has 0 unspecified atom stereocenters. The molecular formula is C10H15N3. The third kappa shape index (κ3) is 1.71. The predicted molar refractivity (Wildman–Crippen MR) is 52.0 cm³/mol. The molecule has 70 valence electrons. The van der Waals surface area contributed by atoms with Gasteiger partial charge in [0.1, 0.15) is 0 Å². The van der Waals surface area contributed by atoms with Gasteiger partial charge in [0.15, 0.2) is 0 Å². The lowest BCUT2D eigenvalue weighted by Crippen LogP contribution is -2.40. The van der Waals surface area contributed by atoms with Crippen LogP contribution in [0.1, 0.15) is 11.3 Å². The van der Waals surface area contributed by atoms with Gasteiger partial charge in [-0.1, -0.05) is 6.07 Å². The molecule has 2 rings (SSSR count). The van der Waals surface area contributed by atoms with Gasteiger partial charge in [0, 0.05) is 45.5 Å². The molecular weight excluding hydrogens is 162 g/mol. The average Bonchev–Trinajstić information content (AvgIpc) is 2.17. The van der Waals surface area contributed by atoms with E-state index in [1.807, 2.05) is 12.3 Å². The second-order valence-electron chi connectivity index (χ2n) is 3.59. The lowest BCUT2D eigenvalue weighted by molar-refractivity contribution is 0.0105. The number of pyridine rings is 1. The molecule has 13 heavy (non-hydrogen) atoms. The number of hydrazine groups is 1. The van der Waals surface area contributed by atoms with Gasteiger partial charge in [-0.05, 0) is 11.6 Å². The SMILES string of the molecule is CN(C)N1CCc2ncccc2C1. The molecule has 0 fully saturated rings. The van der Waals surface area contributed by atoms with Crippen molar-refractivity contribution in [1.29, 1.82) is 0 Å². The van der Waals surface area contributed by atoms with E-state index < -0.39 is 0 Å². The van der Waals surface area contributed by atoms with Crippen LogP contribution in [-0.2, 0) is 13.0 Å². The maximum Gasteiger partial charge on any atom is 0.0462 e. The van der Waals surface area contributed by atoms with Crippen LogP contribution >= 0.6 is 0 Å². The average molecular weight is 177 g/mol. The predicted octanol–water partition coefficient (Wildman–Crippen LogP) is 0.916. The Bertz CT molecular complexity index is 296. The number of rotatable bonds is 1. The van der Waals surface area contributed by atoms with Gasteiger partial charge in [0.25, 0.3) is 0 Å². The lowest BCUT2D eigenvalue weighted by Gasteiger charge is -2.32. The second kappa shape index (κ2) is 3.44. The molecule has 0 radical (unpaired) electrons. The molecule has 0 saturated heterocycles. The fourth-order valence-electron chi connectivity index (χ4n) is 1.69. The van der Waals surface area contributed by atoms with Gasteiger partial charge in [-0.25, -0.2) is 10.0 Å². The van der Waals surface area contributed by atoms with E-state index in [4.69, 9.17) is 0 Å². The van der Waals surface area contributed by atoms with E-state index in [1.165, 1.54) is 11.3 Å². The molecule has 1 aromatic rings. The van der Waals surface area contributed by atoms with Crippen LogP contribution in [-0.4, -0.2) is 35.6 Å². The first kappa shape index (κ1) is 8.66. The largest absolute Gasteiger partial charge is 0.261 e. The minimum absolute atomic E-state index is 0.996. The highest BCUT2D eigenvalue weighted by Crippen LogP contribution is 2.16. The molecule has 1 aliphatic rings. The summed E-state index contributed by atoms with van der Waals surface area (Å²) in [5, 5.41) is 4.47. The summed E-state index contributed by atoms with van der Waals surface area (Å²) < 4.78 is 0. The molecule has 1 aliphatic heterocycles. The summed E-state index contributed by atoms with van der Waals surface area (Å²) in [4.78, 5) is 4.37. The topological polar surface area (TPSA) is 19.4 Å². The fourth-order valence-corrected chi connectivity index (χ4v) is 1.69. The summed E-state index contributed by atoms with van der Waals surface area (Å²) in [6.45, 7) is 2.08. The van der Waals surface area contributed by atoms with Crippen molar-refractivity contribution in [2.45, 2.75) is 13.0 Å². The molecule has 0 N–H and O–H groups in total. The summed E-state index contributed by atoms with van der Waals surface area (Å²) in [6, 6.07) is 4.18. The molecule has 2 heterocycles. The van der Waals surface area contributed by atoms with Crippen molar-refractivity contribution in [2.75, 3.05) is 20.6 Å². The van der Waals surface area contributed by atoms with Crippen LogP contribution in [0.15, 0.2) is 18.3 Å². The zero-order valence-electron chi connectivity index (χ0n) is 8.20. The van der Waals surface area contributed by atoms with Gasteiger partial charge in [-0.2, -0.15) is 0 Å². The van der Waals surface area contributed by atoms with Crippen molar-refractivity contribution in [3.8, 4) is 0 Å². The monoisotopic (exact) mass is 177 g/mol. The Kier molecular flexibility index (Phi) is 2.29. The van der Waals surface area contributed by atoms with Crippen molar-refractivity contribution in [3.05, 3.63) is 29.6 Å². The molecule has 0 saturated carbocycles.